The smallest absolute Gasteiger partial charge is 0.264 e. The predicted octanol–water partition coefficient (Wildman–Crippen LogP) is 4.92. The van der Waals surface area contributed by atoms with Crippen LogP contribution in [0, 0.1) is 0 Å². The van der Waals surface area contributed by atoms with Crippen LogP contribution in [0.5, 0.6) is 5.75 Å². The number of carbonyl (C=O) groups is 1. The van der Waals surface area contributed by atoms with Crippen molar-refractivity contribution >= 4 is 27.3 Å². The SMILES string of the molecule is CCN1c2ccc(C(=O)Nc3ccc(OC(C)C)cc3)cc2-c2ccccc2S1(=O)=O. The summed E-state index contributed by atoms with van der Waals surface area (Å²) in [7, 11) is -3.62. The number of rotatable bonds is 5. The number of carbonyl (C=O) groups excluding carboxylic acids is 1. The van der Waals surface area contributed by atoms with Gasteiger partial charge in [0.15, 0.2) is 0 Å². The molecular weight excluding hydrogens is 412 g/mol. The standard InChI is InChI=1S/C24H24N2O4S/c1-4-26-22-14-9-17(15-21(22)20-7-5-6-8-23(20)31(26,28)29)24(27)25-18-10-12-19(13-11-18)30-16(2)3/h5-16H,4H2,1-3H3,(H,25,27). The Bertz CT molecular complexity index is 1230. The van der Waals surface area contributed by atoms with Crippen LogP contribution in [0.25, 0.3) is 11.1 Å². The van der Waals surface area contributed by atoms with E-state index < -0.39 is 10.0 Å². The van der Waals surface area contributed by atoms with Crippen molar-refractivity contribution < 1.29 is 17.9 Å². The van der Waals surface area contributed by atoms with Gasteiger partial charge in [-0.15, -0.1) is 0 Å². The summed E-state index contributed by atoms with van der Waals surface area (Å²) in [5.41, 5.74) is 3.00. The predicted molar refractivity (Wildman–Crippen MR) is 122 cm³/mol. The molecule has 1 aliphatic rings. The molecule has 0 saturated carbocycles. The summed E-state index contributed by atoms with van der Waals surface area (Å²) in [6.07, 6.45) is 0.0744. The summed E-state index contributed by atoms with van der Waals surface area (Å²) in [6.45, 7) is 6.01. The van der Waals surface area contributed by atoms with Crippen molar-refractivity contribution in [3.63, 3.8) is 0 Å². The number of hydrogen-bond donors (Lipinski definition) is 1. The average molecular weight is 437 g/mol. The number of benzene rings is 3. The molecule has 3 aromatic rings. The van der Waals surface area contributed by atoms with Crippen LogP contribution in [0.4, 0.5) is 11.4 Å². The number of hydrogen-bond acceptors (Lipinski definition) is 4. The Hall–Kier alpha value is -3.32. The normalized spacial score (nSPS) is 14.0. The molecule has 1 amide bonds. The van der Waals surface area contributed by atoms with Crippen molar-refractivity contribution in [2.75, 3.05) is 16.2 Å². The summed E-state index contributed by atoms with van der Waals surface area (Å²) >= 11 is 0. The van der Waals surface area contributed by atoms with Crippen LogP contribution in [0.15, 0.2) is 71.6 Å². The third kappa shape index (κ3) is 3.88. The van der Waals surface area contributed by atoms with E-state index in [1.54, 1.807) is 61.5 Å². The maximum Gasteiger partial charge on any atom is 0.264 e. The number of sulfonamides is 1. The molecule has 3 aromatic carbocycles. The Balaban J connectivity index is 1.66. The highest BCUT2D eigenvalue weighted by molar-refractivity contribution is 7.93. The fourth-order valence-corrected chi connectivity index (χ4v) is 5.41. The number of amides is 1. The molecule has 7 heteroatoms. The molecule has 0 saturated heterocycles. The lowest BCUT2D eigenvalue weighted by Crippen LogP contribution is -2.34. The first-order valence-electron chi connectivity index (χ1n) is 10.2. The van der Waals surface area contributed by atoms with Crippen molar-refractivity contribution in [3.05, 3.63) is 72.3 Å². The summed E-state index contributed by atoms with van der Waals surface area (Å²) in [5.74, 6) is 0.466. The van der Waals surface area contributed by atoms with E-state index in [1.165, 1.54) is 4.31 Å². The van der Waals surface area contributed by atoms with E-state index in [2.05, 4.69) is 5.32 Å². The lowest BCUT2D eigenvalue weighted by molar-refractivity contribution is 0.102. The fraction of sp³-hybridized carbons (Fsp3) is 0.208. The van der Waals surface area contributed by atoms with Gasteiger partial charge in [-0.1, -0.05) is 18.2 Å². The maximum atomic E-state index is 13.0. The van der Waals surface area contributed by atoms with Gasteiger partial charge in [0.25, 0.3) is 15.9 Å². The molecule has 1 aliphatic heterocycles. The Kier molecular flexibility index (Phi) is 5.45. The molecule has 1 heterocycles. The molecule has 31 heavy (non-hydrogen) atoms. The number of anilines is 2. The molecule has 0 radical (unpaired) electrons. The van der Waals surface area contributed by atoms with Gasteiger partial charge in [0, 0.05) is 28.9 Å². The van der Waals surface area contributed by atoms with E-state index in [0.29, 0.717) is 29.0 Å². The third-order valence-corrected chi connectivity index (χ3v) is 6.99. The van der Waals surface area contributed by atoms with Gasteiger partial charge < -0.3 is 10.1 Å². The molecule has 6 nitrogen and oxygen atoms in total. The summed E-state index contributed by atoms with van der Waals surface area (Å²) in [4.78, 5) is 13.1. The van der Waals surface area contributed by atoms with Crippen LogP contribution in [0.2, 0.25) is 0 Å². The Morgan fingerprint density at radius 2 is 1.71 bits per heavy atom. The summed E-state index contributed by atoms with van der Waals surface area (Å²) in [5, 5.41) is 2.88. The monoisotopic (exact) mass is 436 g/mol. The second kappa shape index (κ2) is 8.07. The minimum Gasteiger partial charge on any atom is -0.491 e. The Morgan fingerprint density at radius 3 is 2.39 bits per heavy atom. The van der Waals surface area contributed by atoms with Gasteiger partial charge in [-0.25, -0.2) is 8.42 Å². The molecule has 0 bridgehead atoms. The van der Waals surface area contributed by atoms with Crippen molar-refractivity contribution in [2.24, 2.45) is 0 Å². The van der Waals surface area contributed by atoms with Crippen LogP contribution in [-0.4, -0.2) is 27.0 Å². The quantitative estimate of drug-likeness (QED) is 0.616. The first-order chi connectivity index (χ1) is 14.8. The highest BCUT2D eigenvalue weighted by Gasteiger charge is 2.34. The molecular formula is C24H24N2O4S. The molecule has 4 rings (SSSR count). The average Bonchev–Trinajstić information content (AvgIpc) is 2.75. The lowest BCUT2D eigenvalue weighted by atomic mass is 10.00. The summed E-state index contributed by atoms with van der Waals surface area (Å²) in [6, 6.07) is 19.2. The van der Waals surface area contributed by atoms with Gasteiger partial charge in [-0.3, -0.25) is 9.10 Å². The first kappa shape index (κ1) is 20.9. The molecule has 0 spiro atoms. The van der Waals surface area contributed by atoms with Crippen molar-refractivity contribution in [1.29, 1.82) is 0 Å². The highest BCUT2D eigenvalue weighted by Crippen LogP contribution is 2.43. The topological polar surface area (TPSA) is 75.7 Å². The van der Waals surface area contributed by atoms with E-state index in [4.69, 9.17) is 4.74 Å². The Morgan fingerprint density at radius 1 is 1.00 bits per heavy atom. The second-order valence-corrected chi connectivity index (χ2v) is 9.37. The minimum atomic E-state index is -3.62. The number of ether oxygens (including phenoxy) is 1. The molecule has 0 aliphatic carbocycles. The molecule has 0 fully saturated rings. The number of nitrogens with one attached hydrogen (secondary N) is 1. The first-order valence-corrected chi connectivity index (χ1v) is 11.6. The highest BCUT2D eigenvalue weighted by atomic mass is 32.2. The van der Waals surface area contributed by atoms with Gasteiger partial charge in [-0.05, 0) is 69.3 Å². The second-order valence-electron chi connectivity index (χ2n) is 7.54. The third-order valence-electron chi connectivity index (χ3n) is 5.04. The van der Waals surface area contributed by atoms with Gasteiger partial charge in [0.2, 0.25) is 0 Å². The van der Waals surface area contributed by atoms with Gasteiger partial charge >= 0.3 is 0 Å². The summed E-state index contributed by atoms with van der Waals surface area (Å²) < 4.78 is 33.0. The van der Waals surface area contributed by atoms with E-state index in [1.807, 2.05) is 26.0 Å². The number of fused-ring (bicyclic) bond motifs is 3. The zero-order chi connectivity index (χ0) is 22.2. The maximum absolute atomic E-state index is 13.0. The molecule has 0 atom stereocenters. The van der Waals surface area contributed by atoms with E-state index in [-0.39, 0.29) is 16.9 Å². The molecule has 160 valence electrons. The minimum absolute atomic E-state index is 0.0744. The van der Waals surface area contributed by atoms with Crippen molar-refractivity contribution in [2.45, 2.75) is 31.8 Å². The largest absolute Gasteiger partial charge is 0.491 e. The van der Waals surface area contributed by atoms with Crippen LogP contribution < -0.4 is 14.4 Å². The molecule has 1 N–H and O–H groups in total. The molecule has 0 unspecified atom stereocenters. The fourth-order valence-electron chi connectivity index (χ4n) is 3.71. The van der Waals surface area contributed by atoms with Gasteiger partial charge in [-0.2, -0.15) is 0 Å². The number of nitrogens with zero attached hydrogens (tertiary/aromatic N) is 1. The van der Waals surface area contributed by atoms with Gasteiger partial charge in [0.05, 0.1) is 16.7 Å². The Labute approximate surface area is 182 Å². The van der Waals surface area contributed by atoms with Crippen molar-refractivity contribution in [1.82, 2.24) is 0 Å². The lowest BCUT2D eigenvalue weighted by Gasteiger charge is -2.31. The zero-order valence-electron chi connectivity index (χ0n) is 17.6. The van der Waals surface area contributed by atoms with E-state index in [0.717, 1.165) is 11.3 Å². The van der Waals surface area contributed by atoms with Crippen LogP contribution in [0.1, 0.15) is 31.1 Å². The van der Waals surface area contributed by atoms with E-state index in [9.17, 15) is 13.2 Å². The van der Waals surface area contributed by atoms with Gasteiger partial charge in [0.1, 0.15) is 5.75 Å². The van der Waals surface area contributed by atoms with Crippen LogP contribution >= 0.6 is 0 Å². The molecule has 0 aromatic heterocycles. The van der Waals surface area contributed by atoms with E-state index >= 15 is 0 Å². The van der Waals surface area contributed by atoms with Crippen LogP contribution in [-0.2, 0) is 10.0 Å². The van der Waals surface area contributed by atoms with Crippen LogP contribution in [0.3, 0.4) is 0 Å². The van der Waals surface area contributed by atoms with Crippen molar-refractivity contribution in [3.8, 4) is 16.9 Å². The zero-order valence-corrected chi connectivity index (χ0v) is 18.4.